The number of nitrogen functional groups attached to an aromatic ring is 1. The van der Waals surface area contributed by atoms with E-state index in [1.165, 1.54) is 0 Å². The molecule has 0 unspecified atom stereocenters. The van der Waals surface area contributed by atoms with Crippen LogP contribution in [-0.2, 0) is 0 Å². The number of nitrogens with two attached hydrogens (primary N) is 1. The third-order valence-electron chi connectivity index (χ3n) is 2.41. The van der Waals surface area contributed by atoms with Crippen molar-refractivity contribution in [3.05, 3.63) is 28.4 Å². The molecule has 5 heteroatoms. The Kier molecular flexibility index (Phi) is 2.87. The first kappa shape index (κ1) is 11.0. The van der Waals surface area contributed by atoms with Gasteiger partial charge < -0.3 is 10.5 Å². The number of nitrogens with one attached hydrogen (secondary N) is 1. The Hall–Kier alpha value is -1.49. The molecule has 2 aromatic rings. The zero-order valence-corrected chi connectivity index (χ0v) is 10.6. The van der Waals surface area contributed by atoms with Crippen LogP contribution in [0.15, 0.2) is 22.7 Å². The molecule has 4 nitrogen and oxygen atoms in total. The van der Waals surface area contributed by atoms with Crippen LogP contribution in [-0.4, -0.2) is 17.3 Å². The summed E-state index contributed by atoms with van der Waals surface area (Å²) in [6.07, 6.45) is 0. The Morgan fingerprint density at radius 3 is 2.75 bits per heavy atom. The summed E-state index contributed by atoms with van der Waals surface area (Å²) in [6, 6.07) is 5.81. The van der Waals surface area contributed by atoms with Gasteiger partial charge in [-0.25, -0.2) is 0 Å². The summed E-state index contributed by atoms with van der Waals surface area (Å²) < 4.78 is 6.30. The maximum absolute atomic E-state index is 5.83. The molecule has 0 saturated heterocycles. The van der Waals surface area contributed by atoms with E-state index in [2.05, 4.69) is 26.1 Å². The lowest BCUT2D eigenvalue weighted by Crippen LogP contribution is -1.92. The molecule has 0 aliphatic rings. The largest absolute Gasteiger partial charge is 0.496 e. The first-order valence-corrected chi connectivity index (χ1v) is 5.57. The summed E-state index contributed by atoms with van der Waals surface area (Å²) in [6.45, 7) is 1.93. The predicted octanol–water partition coefficient (Wildman–Crippen LogP) is 2.74. The van der Waals surface area contributed by atoms with Crippen molar-refractivity contribution >= 4 is 21.7 Å². The molecule has 0 aliphatic carbocycles. The third kappa shape index (κ3) is 1.78. The molecule has 0 atom stereocenters. The van der Waals surface area contributed by atoms with Crippen molar-refractivity contribution in [3.63, 3.8) is 0 Å². The van der Waals surface area contributed by atoms with E-state index in [4.69, 9.17) is 10.5 Å². The number of rotatable bonds is 2. The normalized spacial score (nSPS) is 10.4. The van der Waals surface area contributed by atoms with Crippen LogP contribution in [0.1, 0.15) is 5.69 Å². The van der Waals surface area contributed by atoms with Gasteiger partial charge in [-0.15, -0.1) is 0 Å². The monoisotopic (exact) mass is 281 g/mol. The third-order valence-corrected chi connectivity index (χ3v) is 2.90. The Balaban J connectivity index is 2.64. The van der Waals surface area contributed by atoms with Crippen molar-refractivity contribution in [2.45, 2.75) is 6.92 Å². The number of halogens is 1. The molecule has 0 saturated carbocycles. The van der Waals surface area contributed by atoms with Crippen LogP contribution in [0.5, 0.6) is 5.75 Å². The van der Waals surface area contributed by atoms with Crippen LogP contribution in [0.25, 0.3) is 11.1 Å². The van der Waals surface area contributed by atoms with E-state index in [0.29, 0.717) is 5.82 Å². The number of aryl methyl sites for hydroxylation is 1. The quantitative estimate of drug-likeness (QED) is 0.890. The van der Waals surface area contributed by atoms with Gasteiger partial charge in [0.2, 0.25) is 0 Å². The lowest BCUT2D eigenvalue weighted by atomic mass is 10.0. The van der Waals surface area contributed by atoms with Gasteiger partial charge in [0.25, 0.3) is 0 Å². The summed E-state index contributed by atoms with van der Waals surface area (Å²) in [7, 11) is 1.64. The fourth-order valence-corrected chi connectivity index (χ4v) is 2.00. The van der Waals surface area contributed by atoms with Crippen LogP contribution in [0, 0.1) is 6.92 Å². The first-order chi connectivity index (χ1) is 7.63. The maximum Gasteiger partial charge on any atom is 0.153 e. The van der Waals surface area contributed by atoms with E-state index in [0.717, 1.165) is 27.0 Å². The lowest BCUT2D eigenvalue weighted by molar-refractivity contribution is 0.416. The van der Waals surface area contributed by atoms with Gasteiger partial charge >= 0.3 is 0 Å². The lowest BCUT2D eigenvalue weighted by Gasteiger charge is -2.08. The molecule has 84 valence electrons. The fraction of sp³-hybridized carbons (Fsp3) is 0.182. The fourth-order valence-electron chi connectivity index (χ4n) is 1.66. The zero-order valence-electron chi connectivity index (χ0n) is 9.04. The number of aromatic amines is 1. The number of hydrogen-bond acceptors (Lipinski definition) is 3. The molecule has 0 bridgehead atoms. The Morgan fingerprint density at radius 1 is 1.44 bits per heavy atom. The standard InChI is InChI=1S/C11H12BrN3O/c1-6-10(11(13)15-14-6)8-4-3-7(12)5-9(8)16-2/h3-5H,1-2H3,(H3,13,14,15). The molecule has 1 heterocycles. The van der Waals surface area contributed by atoms with E-state index in [9.17, 15) is 0 Å². The number of H-pyrrole nitrogens is 1. The molecule has 0 fully saturated rings. The second kappa shape index (κ2) is 4.17. The highest BCUT2D eigenvalue weighted by atomic mass is 79.9. The highest BCUT2D eigenvalue weighted by molar-refractivity contribution is 9.10. The summed E-state index contributed by atoms with van der Waals surface area (Å²) in [5.41, 5.74) is 8.59. The molecule has 0 amide bonds. The highest BCUT2D eigenvalue weighted by Crippen LogP contribution is 2.36. The van der Waals surface area contributed by atoms with E-state index >= 15 is 0 Å². The van der Waals surface area contributed by atoms with Crippen LogP contribution < -0.4 is 10.5 Å². The van der Waals surface area contributed by atoms with Crippen molar-refractivity contribution in [1.82, 2.24) is 10.2 Å². The van der Waals surface area contributed by atoms with E-state index in [1.807, 2.05) is 25.1 Å². The number of aromatic nitrogens is 2. The van der Waals surface area contributed by atoms with Crippen molar-refractivity contribution in [3.8, 4) is 16.9 Å². The van der Waals surface area contributed by atoms with Gasteiger partial charge in [0.1, 0.15) is 5.75 Å². The van der Waals surface area contributed by atoms with Gasteiger partial charge in [0.15, 0.2) is 5.82 Å². The number of ether oxygens (including phenoxy) is 1. The topological polar surface area (TPSA) is 63.9 Å². The minimum Gasteiger partial charge on any atom is -0.496 e. The Labute approximate surface area is 102 Å². The molecule has 2 rings (SSSR count). The number of nitrogens with zero attached hydrogens (tertiary/aromatic N) is 1. The van der Waals surface area contributed by atoms with Crippen LogP contribution in [0.4, 0.5) is 5.82 Å². The maximum atomic E-state index is 5.83. The molecular weight excluding hydrogens is 270 g/mol. The van der Waals surface area contributed by atoms with Crippen LogP contribution in [0.2, 0.25) is 0 Å². The van der Waals surface area contributed by atoms with Crippen LogP contribution in [0.3, 0.4) is 0 Å². The molecule has 0 aliphatic heterocycles. The average molecular weight is 282 g/mol. The van der Waals surface area contributed by atoms with E-state index in [1.54, 1.807) is 7.11 Å². The molecule has 1 aromatic heterocycles. The predicted molar refractivity (Wildman–Crippen MR) is 67.4 cm³/mol. The van der Waals surface area contributed by atoms with Gasteiger partial charge in [-0.2, -0.15) is 5.10 Å². The van der Waals surface area contributed by atoms with Gasteiger partial charge in [-0.05, 0) is 25.1 Å². The second-order valence-corrected chi connectivity index (χ2v) is 4.37. The van der Waals surface area contributed by atoms with Gasteiger partial charge in [0.05, 0.1) is 7.11 Å². The average Bonchev–Trinajstić information content (AvgIpc) is 2.59. The highest BCUT2D eigenvalue weighted by Gasteiger charge is 2.14. The Bertz CT molecular complexity index is 502. The molecule has 16 heavy (non-hydrogen) atoms. The van der Waals surface area contributed by atoms with E-state index < -0.39 is 0 Å². The summed E-state index contributed by atoms with van der Waals surface area (Å²) >= 11 is 3.40. The number of hydrogen-bond donors (Lipinski definition) is 2. The van der Waals surface area contributed by atoms with Crippen molar-refractivity contribution in [2.24, 2.45) is 0 Å². The van der Waals surface area contributed by atoms with Crippen LogP contribution >= 0.6 is 15.9 Å². The number of methoxy groups -OCH3 is 1. The minimum atomic E-state index is 0.484. The number of benzene rings is 1. The Morgan fingerprint density at radius 2 is 2.19 bits per heavy atom. The second-order valence-electron chi connectivity index (χ2n) is 3.45. The molecule has 3 N–H and O–H groups in total. The SMILES string of the molecule is COc1cc(Br)ccc1-c1c(N)n[nH]c1C. The molecular formula is C11H12BrN3O. The summed E-state index contributed by atoms with van der Waals surface area (Å²) in [4.78, 5) is 0. The first-order valence-electron chi connectivity index (χ1n) is 4.78. The smallest absolute Gasteiger partial charge is 0.153 e. The van der Waals surface area contributed by atoms with Crippen molar-refractivity contribution in [1.29, 1.82) is 0 Å². The summed E-state index contributed by atoms with van der Waals surface area (Å²) in [5, 5.41) is 6.83. The molecule has 0 spiro atoms. The van der Waals surface area contributed by atoms with Gasteiger partial charge in [-0.1, -0.05) is 15.9 Å². The summed E-state index contributed by atoms with van der Waals surface area (Å²) in [5.74, 6) is 1.25. The molecule has 0 radical (unpaired) electrons. The minimum absolute atomic E-state index is 0.484. The number of anilines is 1. The van der Waals surface area contributed by atoms with Gasteiger partial charge in [-0.3, -0.25) is 5.10 Å². The molecule has 1 aromatic carbocycles. The van der Waals surface area contributed by atoms with Crippen molar-refractivity contribution in [2.75, 3.05) is 12.8 Å². The zero-order chi connectivity index (χ0) is 11.7. The van der Waals surface area contributed by atoms with E-state index in [-0.39, 0.29) is 0 Å². The van der Waals surface area contributed by atoms with Gasteiger partial charge in [0, 0.05) is 21.3 Å². The van der Waals surface area contributed by atoms with Crippen molar-refractivity contribution < 1.29 is 4.74 Å².